The molecule has 1 aliphatic heterocycles. The Morgan fingerprint density at radius 3 is 3.00 bits per heavy atom. The number of hydrogen-bond donors (Lipinski definition) is 1. The molecule has 0 saturated carbocycles. The third-order valence-corrected chi connectivity index (χ3v) is 3.61. The lowest BCUT2D eigenvalue weighted by Crippen LogP contribution is -2.24. The highest BCUT2D eigenvalue weighted by Gasteiger charge is 2.17. The van der Waals surface area contributed by atoms with Gasteiger partial charge >= 0.3 is 0 Å². The number of hydrogen-bond acceptors (Lipinski definition) is 2. The molecule has 1 aromatic rings. The van der Waals surface area contributed by atoms with Crippen LogP contribution in [0, 0.1) is 0 Å². The van der Waals surface area contributed by atoms with Crippen LogP contribution in [0.2, 0.25) is 0 Å². The molecule has 15 heavy (non-hydrogen) atoms. The van der Waals surface area contributed by atoms with Gasteiger partial charge in [-0.25, -0.2) is 0 Å². The Morgan fingerprint density at radius 1 is 1.53 bits per heavy atom. The van der Waals surface area contributed by atoms with Crippen LogP contribution in [0.25, 0.3) is 0 Å². The summed E-state index contributed by atoms with van der Waals surface area (Å²) in [6.45, 7) is 2.22. The molecule has 2 rings (SSSR count). The van der Waals surface area contributed by atoms with Gasteiger partial charge in [-0.3, -0.25) is 0 Å². The third-order valence-electron chi connectivity index (χ3n) is 2.99. The molecule has 0 amide bonds. The summed E-state index contributed by atoms with van der Waals surface area (Å²) in [4.78, 5) is 0. The number of benzene rings is 1. The second kappa shape index (κ2) is 4.44. The number of ether oxygens (including phenoxy) is 1. The van der Waals surface area contributed by atoms with E-state index in [2.05, 4.69) is 40.3 Å². The lowest BCUT2D eigenvalue weighted by Gasteiger charge is -2.26. The first-order valence-corrected chi connectivity index (χ1v) is 6.16. The minimum absolute atomic E-state index is 0.614. The molecule has 0 saturated heterocycles. The molecule has 1 aromatic carbocycles. The van der Waals surface area contributed by atoms with E-state index >= 15 is 0 Å². The van der Waals surface area contributed by atoms with Crippen molar-refractivity contribution >= 4 is 21.6 Å². The normalized spacial score (nSPS) is 19.3. The van der Waals surface area contributed by atoms with Crippen LogP contribution in [0.3, 0.4) is 0 Å². The Morgan fingerprint density at radius 2 is 2.33 bits per heavy atom. The Kier molecular flexibility index (Phi) is 3.19. The summed E-state index contributed by atoms with van der Waals surface area (Å²) in [5, 5.41) is 3.55. The summed E-state index contributed by atoms with van der Waals surface area (Å²) in [7, 11) is 1.70. The van der Waals surface area contributed by atoms with E-state index in [0.29, 0.717) is 6.04 Å². The van der Waals surface area contributed by atoms with Gasteiger partial charge in [0.05, 0.1) is 11.6 Å². The molecule has 0 aliphatic carbocycles. The van der Waals surface area contributed by atoms with Crippen molar-refractivity contribution in [3.05, 3.63) is 22.2 Å². The van der Waals surface area contributed by atoms with Crippen LogP contribution < -0.4 is 10.1 Å². The van der Waals surface area contributed by atoms with Gasteiger partial charge in [-0.05, 0) is 46.8 Å². The van der Waals surface area contributed by atoms with Gasteiger partial charge in [0.25, 0.3) is 0 Å². The smallest absolute Gasteiger partial charge is 0.135 e. The number of anilines is 1. The Hall–Kier alpha value is -0.700. The van der Waals surface area contributed by atoms with E-state index in [0.717, 1.165) is 16.6 Å². The van der Waals surface area contributed by atoms with E-state index in [1.165, 1.54) is 24.1 Å². The first-order chi connectivity index (χ1) is 7.24. The van der Waals surface area contributed by atoms with Crippen LogP contribution in [-0.2, 0) is 6.42 Å². The molecule has 1 atom stereocenters. The van der Waals surface area contributed by atoms with E-state index < -0.39 is 0 Å². The zero-order valence-corrected chi connectivity index (χ0v) is 10.7. The fraction of sp³-hybridized carbons (Fsp3) is 0.500. The summed E-state index contributed by atoms with van der Waals surface area (Å²) >= 11 is 3.51. The maximum atomic E-state index is 5.29. The number of fused-ring (bicyclic) bond motifs is 1. The minimum Gasteiger partial charge on any atom is -0.495 e. The zero-order chi connectivity index (χ0) is 10.8. The zero-order valence-electron chi connectivity index (χ0n) is 9.14. The maximum absolute atomic E-state index is 5.29. The quantitative estimate of drug-likeness (QED) is 0.886. The number of rotatable bonds is 2. The van der Waals surface area contributed by atoms with E-state index in [-0.39, 0.29) is 0 Å². The molecule has 2 nitrogen and oxygen atoms in total. The summed E-state index contributed by atoms with van der Waals surface area (Å²) in [5.41, 5.74) is 2.61. The number of halogens is 1. The molecule has 3 heteroatoms. The second-order valence-corrected chi connectivity index (χ2v) is 4.79. The van der Waals surface area contributed by atoms with Crippen LogP contribution >= 0.6 is 15.9 Å². The topological polar surface area (TPSA) is 21.3 Å². The average molecular weight is 270 g/mol. The molecular weight excluding hydrogens is 254 g/mol. The fourth-order valence-corrected chi connectivity index (χ4v) is 2.57. The van der Waals surface area contributed by atoms with Gasteiger partial charge in [-0.15, -0.1) is 0 Å². The van der Waals surface area contributed by atoms with Gasteiger partial charge in [0, 0.05) is 17.8 Å². The monoisotopic (exact) mass is 269 g/mol. The highest BCUT2D eigenvalue weighted by molar-refractivity contribution is 9.10. The molecule has 1 N–H and O–H groups in total. The molecule has 1 heterocycles. The van der Waals surface area contributed by atoms with Crippen molar-refractivity contribution in [3.63, 3.8) is 0 Å². The first kappa shape index (κ1) is 10.8. The lowest BCUT2D eigenvalue weighted by molar-refractivity contribution is 0.412. The predicted molar refractivity (Wildman–Crippen MR) is 66.7 cm³/mol. The summed E-state index contributed by atoms with van der Waals surface area (Å²) in [6, 6.07) is 4.86. The highest BCUT2D eigenvalue weighted by atomic mass is 79.9. The van der Waals surface area contributed by atoms with Crippen LogP contribution in [0.5, 0.6) is 5.75 Å². The molecule has 82 valence electrons. The Labute approximate surface area is 99.1 Å². The summed E-state index contributed by atoms with van der Waals surface area (Å²) < 4.78 is 6.34. The standard InChI is InChI=1S/C12H16BrNO/c1-3-9-5-4-8-6-10(13)12(15-2)7-11(8)14-9/h6-7,9,14H,3-5H2,1-2H3. The van der Waals surface area contributed by atoms with Gasteiger partial charge < -0.3 is 10.1 Å². The molecule has 1 aliphatic rings. The molecule has 0 radical (unpaired) electrons. The summed E-state index contributed by atoms with van der Waals surface area (Å²) in [5.74, 6) is 0.901. The van der Waals surface area contributed by atoms with Crippen molar-refractivity contribution in [1.29, 1.82) is 0 Å². The van der Waals surface area contributed by atoms with Crippen molar-refractivity contribution in [2.75, 3.05) is 12.4 Å². The van der Waals surface area contributed by atoms with Crippen LogP contribution in [0.1, 0.15) is 25.3 Å². The Bertz CT molecular complexity index is 365. The van der Waals surface area contributed by atoms with Crippen molar-refractivity contribution in [3.8, 4) is 5.75 Å². The van der Waals surface area contributed by atoms with Crippen LogP contribution in [-0.4, -0.2) is 13.2 Å². The van der Waals surface area contributed by atoms with Gasteiger partial charge in [-0.2, -0.15) is 0 Å². The SMILES string of the molecule is CCC1CCc2cc(Br)c(OC)cc2N1. The van der Waals surface area contributed by atoms with Crippen molar-refractivity contribution in [1.82, 2.24) is 0 Å². The number of methoxy groups -OCH3 is 1. The second-order valence-electron chi connectivity index (χ2n) is 3.93. The predicted octanol–water partition coefficient (Wildman–Crippen LogP) is 3.59. The van der Waals surface area contributed by atoms with Crippen molar-refractivity contribution < 1.29 is 4.74 Å². The number of nitrogens with one attached hydrogen (secondary N) is 1. The summed E-state index contributed by atoms with van der Waals surface area (Å²) in [6.07, 6.45) is 3.56. The molecular formula is C12H16BrNO. The highest BCUT2D eigenvalue weighted by Crippen LogP contribution is 2.35. The van der Waals surface area contributed by atoms with E-state index in [1.54, 1.807) is 7.11 Å². The molecule has 0 spiro atoms. The maximum Gasteiger partial charge on any atom is 0.135 e. The molecule has 0 fully saturated rings. The third kappa shape index (κ3) is 2.12. The molecule has 0 bridgehead atoms. The van der Waals surface area contributed by atoms with E-state index in [9.17, 15) is 0 Å². The van der Waals surface area contributed by atoms with Gasteiger partial charge in [0.1, 0.15) is 5.75 Å². The number of aryl methyl sites for hydroxylation is 1. The molecule has 1 unspecified atom stereocenters. The van der Waals surface area contributed by atoms with Gasteiger partial charge in [-0.1, -0.05) is 6.92 Å². The van der Waals surface area contributed by atoms with Crippen molar-refractivity contribution in [2.45, 2.75) is 32.2 Å². The average Bonchev–Trinajstić information content (AvgIpc) is 2.27. The minimum atomic E-state index is 0.614. The van der Waals surface area contributed by atoms with E-state index in [4.69, 9.17) is 4.74 Å². The first-order valence-electron chi connectivity index (χ1n) is 5.37. The van der Waals surface area contributed by atoms with E-state index in [1.807, 2.05) is 0 Å². The fourth-order valence-electron chi connectivity index (χ4n) is 2.02. The van der Waals surface area contributed by atoms with Gasteiger partial charge in [0.2, 0.25) is 0 Å². The van der Waals surface area contributed by atoms with Crippen LogP contribution in [0.15, 0.2) is 16.6 Å². The lowest BCUT2D eigenvalue weighted by atomic mass is 9.96. The van der Waals surface area contributed by atoms with Gasteiger partial charge in [0.15, 0.2) is 0 Å². The Balaban J connectivity index is 2.33. The van der Waals surface area contributed by atoms with Crippen molar-refractivity contribution in [2.24, 2.45) is 0 Å². The molecule has 0 aromatic heterocycles. The largest absolute Gasteiger partial charge is 0.495 e. The van der Waals surface area contributed by atoms with Crippen LogP contribution in [0.4, 0.5) is 5.69 Å².